The first-order valence-corrected chi connectivity index (χ1v) is 12.6. The molecule has 0 aromatic heterocycles. The van der Waals surface area contributed by atoms with Crippen molar-refractivity contribution < 1.29 is 19.1 Å². The number of imide groups is 1. The Morgan fingerprint density at radius 1 is 1.00 bits per heavy atom. The number of hydrogen-bond acceptors (Lipinski definition) is 5. The molecule has 6 nitrogen and oxygen atoms in total. The fourth-order valence-electron chi connectivity index (χ4n) is 3.12. The zero-order valence-electron chi connectivity index (χ0n) is 17.7. The third-order valence-corrected chi connectivity index (χ3v) is 6.85. The molecule has 1 saturated heterocycles. The van der Waals surface area contributed by atoms with Crippen LogP contribution in [-0.4, -0.2) is 28.5 Å². The van der Waals surface area contributed by atoms with Gasteiger partial charge < -0.3 is 10.1 Å². The van der Waals surface area contributed by atoms with Gasteiger partial charge in [-0.15, -0.1) is 0 Å². The minimum absolute atomic E-state index is 0.256. The Balaban J connectivity index is 1.39. The highest BCUT2D eigenvalue weighted by atomic mass is 79.9. The van der Waals surface area contributed by atoms with Crippen LogP contribution >= 0.6 is 43.6 Å². The SMILES string of the molecule is O=C(CN1C(=O)S/C(=C/c2ccc(OCc3ccccc3)c(Br)c2)C1=O)Nc1ccc(Br)cc1. The van der Waals surface area contributed by atoms with E-state index in [9.17, 15) is 14.4 Å². The van der Waals surface area contributed by atoms with Crippen molar-refractivity contribution in [2.24, 2.45) is 0 Å². The quantitative estimate of drug-likeness (QED) is 0.314. The molecule has 3 aromatic carbocycles. The lowest BCUT2D eigenvalue weighted by atomic mass is 10.2. The highest BCUT2D eigenvalue weighted by Crippen LogP contribution is 2.34. The van der Waals surface area contributed by atoms with Crippen molar-refractivity contribution in [3.05, 3.63) is 97.8 Å². The van der Waals surface area contributed by atoms with Gasteiger partial charge in [-0.3, -0.25) is 19.3 Å². The van der Waals surface area contributed by atoms with Gasteiger partial charge in [-0.25, -0.2) is 0 Å². The fraction of sp³-hybridized carbons (Fsp3) is 0.0800. The molecule has 3 aromatic rings. The van der Waals surface area contributed by atoms with Gasteiger partial charge in [0.25, 0.3) is 11.1 Å². The van der Waals surface area contributed by atoms with Gasteiger partial charge in [0.2, 0.25) is 5.91 Å². The summed E-state index contributed by atoms with van der Waals surface area (Å²) in [5, 5.41) is 2.20. The monoisotopic (exact) mass is 600 g/mol. The number of hydrogen-bond donors (Lipinski definition) is 1. The molecule has 172 valence electrons. The molecule has 1 fully saturated rings. The Bertz CT molecular complexity index is 1260. The largest absolute Gasteiger partial charge is 0.488 e. The number of rotatable bonds is 7. The van der Waals surface area contributed by atoms with Gasteiger partial charge in [-0.05, 0) is 81.3 Å². The Labute approximate surface area is 217 Å². The number of thioether (sulfide) groups is 1. The molecule has 0 atom stereocenters. The first-order chi connectivity index (χ1) is 16.4. The molecule has 0 spiro atoms. The van der Waals surface area contributed by atoms with E-state index in [4.69, 9.17) is 4.74 Å². The van der Waals surface area contributed by atoms with E-state index in [1.807, 2.05) is 36.4 Å². The number of amides is 3. The van der Waals surface area contributed by atoms with E-state index in [0.717, 1.165) is 36.7 Å². The standard InChI is InChI=1S/C25H18Br2N2O4S/c26-18-7-9-19(10-8-18)28-23(30)14-29-24(31)22(34-25(29)32)13-17-6-11-21(20(27)12-17)33-15-16-4-2-1-3-5-16/h1-13H,14-15H2,(H,28,30)/b22-13+. The van der Waals surface area contributed by atoms with Gasteiger partial charge in [0, 0.05) is 10.2 Å². The highest BCUT2D eigenvalue weighted by Gasteiger charge is 2.36. The molecule has 1 heterocycles. The second-order valence-corrected chi connectivity index (χ2v) is 10.1. The summed E-state index contributed by atoms with van der Waals surface area (Å²) in [5.41, 5.74) is 2.36. The van der Waals surface area contributed by atoms with Crippen molar-refractivity contribution in [2.45, 2.75) is 6.61 Å². The predicted molar refractivity (Wildman–Crippen MR) is 140 cm³/mol. The summed E-state index contributed by atoms with van der Waals surface area (Å²) in [4.78, 5) is 38.7. The van der Waals surface area contributed by atoms with E-state index in [-0.39, 0.29) is 11.4 Å². The topological polar surface area (TPSA) is 75.7 Å². The van der Waals surface area contributed by atoms with Crippen LogP contribution in [0.4, 0.5) is 10.5 Å². The van der Waals surface area contributed by atoms with Crippen LogP contribution in [0.2, 0.25) is 0 Å². The van der Waals surface area contributed by atoms with Crippen LogP contribution < -0.4 is 10.1 Å². The molecule has 34 heavy (non-hydrogen) atoms. The van der Waals surface area contributed by atoms with Crippen molar-refractivity contribution >= 4 is 72.4 Å². The first kappa shape index (κ1) is 24.3. The third-order valence-electron chi connectivity index (χ3n) is 4.79. The summed E-state index contributed by atoms with van der Waals surface area (Å²) in [6, 6.07) is 22.3. The van der Waals surface area contributed by atoms with Crippen LogP contribution in [0.1, 0.15) is 11.1 Å². The Hall–Kier alpha value is -2.88. The molecule has 4 rings (SSSR count). The number of carbonyl (C=O) groups excluding carboxylic acids is 3. The van der Waals surface area contributed by atoms with Crippen LogP contribution in [0.15, 0.2) is 86.6 Å². The molecule has 1 N–H and O–H groups in total. The average molecular weight is 602 g/mol. The number of carbonyl (C=O) groups is 3. The van der Waals surface area contributed by atoms with Gasteiger partial charge >= 0.3 is 0 Å². The zero-order chi connectivity index (χ0) is 24.1. The maximum Gasteiger partial charge on any atom is 0.294 e. The lowest BCUT2D eigenvalue weighted by Crippen LogP contribution is -2.36. The molecular formula is C25H18Br2N2O4S. The van der Waals surface area contributed by atoms with Crippen molar-refractivity contribution in [2.75, 3.05) is 11.9 Å². The maximum atomic E-state index is 12.8. The van der Waals surface area contributed by atoms with Gasteiger partial charge in [-0.2, -0.15) is 0 Å². The molecule has 1 aliphatic heterocycles. The summed E-state index contributed by atoms with van der Waals surface area (Å²) < 4.78 is 7.46. The molecule has 0 bridgehead atoms. The van der Waals surface area contributed by atoms with Crippen molar-refractivity contribution in [3.8, 4) is 5.75 Å². The summed E-state index contributed by atoms with van der Waals surface area (Å²) in [6.45, 7) is 0.0774. The van der Waals surface area contributed by atoms with Crippen LogP contribution in [0, 0.1) is 0 Å². The zero-order valence-corrected chi connectivity index (χ0v) is 21.7. The summed E-state index contributed by atoms with van der Waals surface area (Å²) >= 11 is 7.64. The molecule has 0 aliphatic carbocycles. The summed E-state index contributed by atoms with van der Waals surface area (Å²) in [6.07, 6.45) is 1.63. The predicted octanol–water partition coefficient (Wildman–Crippen LogP) is 6.47. The van der Waals surface area contributed by atoms with E-state index in [2.05, 4.69) is 37.2 Å². The number of halogens is 2. The molecular weight excluding hydrogens is 584 g/mol. The second kappa shape index (κ2) is 11.0. The van der Waals surface area contributed by atoms with Gasteiger partial charge in [0.05, 0.1) is 9.38 Å². The van der Waals surface area contributed by atoms with Gasteiger partial charge in [-0.1, -0.05) is 52.3 Å². The average Bonchev–Trinajstić information content (AvgIpc) is 3.08. The number of nitrogens with zero attached hydrogens (tertiary/aromatic N) is 1. The van der Waals surface area contributed by atoms with Crippen LogP contribution in [0.3, 0.4) is 0 Å². The Kier molecular flexibility index (Phi) is 7.87. The number of benzene rings is 3. The van der Waals surface area contributed by atoms with Crippen molar-refractivity contribution in [1.82, 2.24) is 4.90 Å². The lowest BCUT2D eigenvalue weighted by Gasteiger charge is -2.12. The van der Waals surface area contributed by atoms with Crippen LogP contribution in [-0.2, 0) is 16.2 Å². The van der Waals surface area contributed by atoms with Crippen LogP contribution in [0.5, 0.6) is 5.75 Å². The number of ether oxygens (including phenoxy) is 1. The van der Waals surface area contributed by atoms with E-state index < -0.39 is 17.1 Å². The maximum absolute atomic E-state index is 12.8. The molecule has 0 radical (unpaired) electrons. The minimum Gasteiger partial charge on any atom is -0.488 e. The van der Waals surface area contributed by atoms with E-state index in [0.29, 0.717) is 18.0 Å². The highest BCUT2D eigenvalue weighted by molar-refractivity contribution is 9.10. The van der Waals surface area contributed by atoms with Crippen LogP contribution in [0.25, 0.3) is 6.08 Å². The smallest absolute Gasteiger partial charge is 0.294 e. The third kappa shape index (κ3) is 6.16. The fourth-order valence-corrected chi connectivity index (χ4v) is 4.74. The normalized spacial score (nSPS) is 14.5. The summed E-state index contributed by atoms with van der Waals surface area (Å²) in [5.74, 6) is -0.284. The van der Waals surface area contributed by atoms with E-state index in [1.165, 1.54) is 0 Å². The first-order valence-electron chi connectivity index (χ1n) is 10.2. The second-order valence-electron chi connectivity index (χ2n) is 7.29. The van der Waals surface area contributed by atoms with E-state index >= 15 is 0 Å². The Morgan fingerprint density at radius 3 is 2.44 bits per heavy atom. The van der Waals surface area contributed by atoms with Gasteiger partial charge in [0.15, 0.2) is 0 Å². The summed E-state index contributed by atoms with van der Waals surface area (Å²) in [7, 11) is 0. The Morgan fingerprint density at radius 2 is 1.74 bits per heavy atom. The molecule has 0 unspecified atom stereocenters. The van der Waals surface area contributed by atoms with Crippen molar-refractivity contribution in [3.63, 3.8) is 0 Å². The van der Waals surface area contributed by atoms with Crippen molar-refractivity contribution in [1.29, 1.82) is 0 Å². The molecule has 9 heteroatoms. The molecule has 0 saturated carbocycles. The number of anilines is 1. The molecule has 3 amide bonds. The van der Waals surface area contributed by atoms with Gasteiger partial charge in [0.1, 0.15) is 18.9 Å². The molecule has 1 aliphatic rings. The lowest BCUT2D eigenvalue weighted by molar-refractivity contribution is -0.127. The minimum atomic E-state index is -0.499. The number of nitrogens with one attached hydrogen (secondary N) is 1. The van der Waals surface area contributed by atoms with E-state index in [1.54, 1.807) is 42.5 Å².